The predicted molar refractivity (Wildman–Crippen MR) is 70.9 cm³/mol. The number of rotatable bonds is 3. The van der Waals surface area contributed by atoms with Crippen LogP contribution in [0.4, 0.5) is 4.79 Å². The van der Waals surface area contributed by atoms with E-state index in [4.69, 9.17) is 0 Å². The summed E-state index contributed by atoms with van der Waals surface area (Å²) >= 11 is 1.05. The normalized spacial score (nSPS) is 34.7. The van der Waals surface area contributed by atoms with Crippen LogP contribution in [0.2, 0.25) is 0 Å². The van der Waals surface area contributed by atoms with Gasteiger partial charge in [-0.3, -0.25) is 9.59 Å². The SMILES string of the molecule is CC1CCC(NC(=O)C2CSC(=O)N2)(C(=O)O)CC1. The summed E-state index contributed by atoms with van der Waals surface area (Å²) in [5.41, 5.74) is -1.17. The minimum absolute atomic E-state index is 0.234. The van der Waals surface area contributed by atoms with Crippen molar-refractivity contribution in [3.05, 3.63) is 0 Å². The molecule has 0 bridgehead atoms. The lowest BCUT2D eigenvalue weighted by atomic mass is 9.77. The molecule has 2 amide bonds. The Bertz CT molecular complexity index is 405. The molecule has 1 saturated carbocycles. The highest BCUT2D eigenvalue weighted by Gasteiger charge is 2.44. The molecular formula is C12H18N2O4S. The van der Waals surface area contributed by atoms with E-state index in [2.05, 4.69) is 17.6 Å². The van der Waals surface area contributed by atoms with Gasteiger partial charge in [-0.25, -0.2) is 4.79 Å². The highest BCUT2D eigenvalue weighted by Crippen LogP contribution is 2.32. The van der Waals surface area contributed by atoms with Crippen LogP contribution in [0.1, 0.15) is 32.6 Å². The second-order valence-electron chi connectivity index (χ2n) is 5.35. The Morgan fingerprint density at radius 1 is 1.42 bits per heavy atom. The Kier molecular flexibility index (Phi) is 4.03. The van der Waals surface area contributed by atoms with E-state index < -0.39 is 23.5 Å². The number of hydrogen-bond acceptors (Lipinski definition) is 4. The summed E-state index contributed by atoms with van der Waals surface area (Å²) in [6.07, 6.45) is 2.48. The number of aliphatic carboxylic acids is 1. The maximum atomic E-state index is 12.0. The van der Waals surface area contributed by atoms with E-state index in [0.717, 1.165) is 24.6 Å². The molecule has 19 heavy (non-hydrogen) atoms. The van der Waals surface area contributed by atoms with Gasteiger partial charge in [0.05, 0.1) is 0 Å². The first-order valence-electron chi connectivity index (χ1n) is 6.42. The Morgan fingerprint density at radius 2 is 2.05 bits per heavy atom. The van der Waals surface area contributed by atoms with Crippen LogP contribution in [-0.2, 0) is 9.59 Å². The lowest BCUT2D eigenvalue weighted by Gasteiger charge is -2.37. The Morgan fingerprint density at radius 3 is 2.53 bits per heavy atom. The third-order valence-electron chi connectivity index (χ3n) is 3.89. The average Bonchev–Trinajstić information content (AvgIpc) is 2.79. The van der Waals surface area contributed by atoms with E-state index in [0.29, 0.717) is 24.5 Å². The Hall–Kier alpha value is -1.24. The number of nitrogens with one attached hydrogen (secondary N) is 2. The number of carboxylic acids is 1. The fourth-order valence-corrected chi connectivity index (χ4v) is 3.27. The van der Waals surface area contributed by atoms with Gasteiger partial charge in [-0.15, -0.1) is 0 Å². The molecule has 7 heteroatoms. The molecule has 1 atom stereocenters. The fourth-order valence-electron chi connectivity index (χ4n) is 2.50. The van der Waals surface area contributed by atoms with E-state index in [-0.39, 0.29) is 5.24 Å². The van der Waals surface area contributed by atoms with Crippen LogP contribution in [-0.4, -0.2) is 39.6 Å². The van der Waals surface area contributed by atoms with E-state index in [1.807, 2.05) is 0 Å². The van der Waals surface area contributed by atoms with Crippen molar-refractivity contribution in [1.82, 2.24) is 10.6 Å². The summed E-state index contributed by atoms with van der Waals surface area (Å²) in [4.78, 5) is 34.6. The Labute approximate surface area is 115 Å². The summed E-state index contributed by atoms with van der Waals surface area (Å²) in [6.45, 7) is 2.08. The maximum absolute atomic E-state index is 12.0. The van der Waals surface area contributed by atoms with Gasteiger partial charge in [0.15, 0.2) is 0 Å². The maximum Gasteiger partial charge on any atom is 0.329 e. The van der Waals surface area contributed by atoms with Crippen LogP contribution in [0.15, 0.2) is 0 Å². The van der Waals surface area contributed by atoms with Crippen molar-refractivity contribution in [1.29, 1.82) is 0 Å². The average molecular weight is 286 g/mol. The number of carbonyl (C=O) groups is 3. The van der Waals surface area contributed by atoms with Crippen molar-refractivity contribution < 1.29 is 19.5 Å². The van der Waals surface area contributed by atoms with Crippen molar-refractivity contribution in [3.8, 4) is 0 Å². The molecule has 0 aromatic rings. The smallest absolute Gasteiger partial charge is 0.329 e. The molecule has 0 aromatic carbocycles. The van der Waals surface area contributed by atoms with Gasteiger partial charge in [-0.2, -0.15) is 0 Å². The number of carboxylic acid groups (broad SMARTS) is 1. The zero-order valence-electron chi connectivity index (χ0n) is 10.8. The van der Waals surface area contributed by atoms with E-state index in [9.17, 15) is 19.5 Å². The molecular weight excluding hydrogens is 268 g/mol. The largest absolute Gasteiger partial charge is 0.480 e. The van der Waals surface area contributed by atoms with Crippen molar-refractivity contribution in [2.75, 3.05) is 5.75 Å². The number of amides is 2. The van der Waals surface area contributed by atoms with Crippen LogP contribution in [0, 0.1) is 5.92 Å². The molecule has 2 rings (SSSR count). The highest BCUT2D eigenvalue weighted by atomic mass is 32.2. The van der Waals surface area contributed by atoms with Crippen LogP contribution >= 0.6 is 11.8 Å². The summed E-state index contributed by atoms with van der Waals surface area (Å²) in [6, 6.07) is -0.618. The quantitative estimate of drug-likeness (QED) is 0.718. The lowest BCUT2D eigenvalue weighted by Crippen LogP contribution is -2.59. The zero-order chi connectivity index (χ0) is 14.0. The molecule has 2 fully saturated rings. The molecule has 1 heterocycles. The molecule has 1 aliphatic carbocycles. The minimum Gasteiger partial charge on any atom is -0.480 e. The first kappa shape index (κ1) is 14.2. The first-order chi connectivity index (χ1) is 8.93. The van der Waals surface area contributed by atoms with Crippen molar-refractivity contribution in [3.63, 3.8) is 0 Å². The van der Waals surface area contributed by atoms with Gasteiger partial charge < -0.3 is 15.7 Å². The van der Waals surface area contributed by atoms with Gasteiger partial charge in [0.2, 0.25) is 5.91 Å². The summed E-state index contributed by atoms with van der Waals surface area (Å²) in [7, 11) is 0. The third-order valence-corrected chi connectivity index (χ3v) is 4.77. The summed E-state index contributed by atoms with van der Waals surface area (Å²) < 4.78 is 0. The standard InChI is InChI=1S/C12H18N2O4S/c1-7-2-4-12(5-3-7,10(16)17)14-9(15)8-6-19-11(18)13-8/h7-8H,2-6H2,1H3,(H,13,18)(H,14,15)(H,16,17). The second-order valence-corrected chi connectivity index (χ2v) is 6.35. The van der Waals surface area contributed by atoms with E-state index in [1.165, 1.54) is 0 Å². The van der Waals surface area contributed by atoms with Gasteiger partial charge in [-0.05, 0) is 31.6 Å². The minimum atomic E-state index is -1.17. The molecule has 106 valence electrons. The van der Waals surface area contributed by atoms with Gasteiger partial charge in [0.25, 0.3) is 5.24 Å². The van der Waals surface area contributed by atoms with Crippen LogP contribution in [0.5, 0.6) is 0 Å². The van der Waals surface area contributed by atoms with Crippen LogP contribution in [0.3, 0.4) is 0 Å². The van der Waals surface area contributed by atoms with Gasteiger partial charge in [0.1, 0.15) is 11.6 Å². The van der Waals surface area contributed by atoms with E-state index >= 15 is 0 Å². The van der Waals surface area contributed by atoms with Crippen molar-refractivity contribution >= 4 is 28.9 Å². The molecule has 3 N–H and O–H groups in total. The number of hydrogen-bond donors (Lipinski definition) is 3. The molecule has 2 aliphatic rings. The summed E-state index contributed by atoms with van der Waals surface area (Å²) in [5, 5.41) is 14.4. The Balaban J connectivity index is 2.03. The van der Waals surface area contributed by atoms with Gasteiger partial charge in [0, 0.05) is 5.75 Å². The molecule has 1 unspecified atom stereocenters. The molecule has 0 spiro atoms. The van der Waals surface area contributed by atoms with E-state index in [1.54, 1.807) is 0 Å². The first-order valence-corrected chi connectivity index (χ1v) is 7.40. The fraction of sp³-hybridized carbons (Fsp3) is 0.750. The molecule has 0 radical (unpaired) electrons. The summed E-state index contributed by atoms with van der Waals surface area (Å²) in [5.74, 6) is -0.525. The zero-order valence-corrected chi connectivity index (χ0v) is 11.6. The molecule has 1 saturated heterocycles. The lowest BCUT2D eigenvalue weighted by molar-refractivity contribution is -0.149. The topological polar surface area (TPSA) is 95.5 Å². The molecule has 1 aliphatic heterocycles. The number of carbonyl (C=O) groups excluding carboxylic acids is 2. The number of thioether (sulfide) groups is 1. The van der Waals surface area contributed by atoms with Crippen molar-refractivity contribution in [2.45, 2.75) is 44.2 Å². The molecule has 0 aromatic heterocycles. The van der Waals surface area contributed by atoms with Crippen molar-refractivity contribution in [2.24, 2.45) is 5.92 Å². The predicted octanol–water partition coefficient (Wildman–Crippen LogP) is 0.961. The van der Waals surface area contributed by atoms with Crippen LogP contribution in [0.25, 0.3) is 0 Å². The monoisotopic (exact) mass is 286 g/mol. The van der Waals surface area contributed by atoms with Crippen LogP contribution < -0.4 is 10.6 Å². The highest BCUT2D eigenvalue weighted by molar-refractivity contribution is 8.14. The second kappa shape index (κ2) is 5.40. The van der Waals surface area contributed by atoms with Gasteiger partial charge in [-0.1, -0.05) is 18.7 Å². The molecule has 6 nitrogen and oxygen atoms in total. The van der Waals surface area contributed by atoms with Gasteiger partial charge >= 0.3 is 5.97 Å². The third kappa shape index (κ3) is 3.02.